The Morgan fingerprint density at radius 3 is 2.65 bits per heavy atom. The lowest BCUT2D eigenvalue weighted by atomic mass is 10.2. The van der Waals surface area contributed by atoms with Gasteiger partial charge in [0.1, 0.15) is 11.3 Å². The van der Waals surface area contributed by atoms with Crippen molar-refractivity contribution in [3.8, 4) is 0 Å². The molecule has 0 atom stereocenters. The van der Waals surface area contributed by atoms with Gasteiger partial charge in [-0.25, -0.2) is 4.79 Å². The zero-order valence-electron chi connectivity index (χ0n) is 12.0. The number of amides is 1. The minimum Gasteiger partial charge on any atom is -0.444 e. The number of ether oxygens (including phenoxy) is 1. The van der Waals surface area contributed by atoms with Gasteiger partial charge in [0.2, 0.25) is 0 Å². The first-order valence-corrected chi connectivity index (χ1v) is 6.66. The Labute approximate surface area is 117 Å². The lowest BCUT2D eigenvalue weighted by Crippen LogP contribution is -2.31. The van der Waals surface area contributed by atoms with Crippen LogP contribution in [0, 0.1) is 0 Å². The fraction of sp³-hybridized carbons (Fsp3) is 0.571. The molecule has 110 valence electrons. The number of nitrogens with one attached hydrogen (secondary N) is 1. The Morgan fingerprint density at radius 2 is 2.15 bits per heavy atom. The summed E-state index contributed by atoms with van der Waals surface area (Å²) in [5, 5.41) is 11.7. The largest absolute Gasteiger partial charge is 0.444 e. The number of aliphatic hydroxyl groups is 1. The van der Waals surface area contributed by atoms with Crippen LogP contribution in [0.3, 0.4) is 0 Å². The van der Waals surface area contributed by atoms with Crippen LogP contribution in [-0.4, -0.2) is 21.4 Å². The summed E-state index contributed by atoms with van der Waals surface area (Å²) in [6.07, 6.45) is 2.86. The van der Waals surface area contributed by atoms with Crippen LogP contribution >= 0.6 is 0 Å². The van der Waals surface area contributed by atoms with Crippen LogP contribution in [0.1, 0.15) is 45.2 Å². The standard InChI is InChI=1S/C14H20N2O4/c1-14(2,3)20-13(19)15-11-6-9(8-17)7-16(12(11)18)10-4-5-10/h6-7,10,17H,4-5,8H2,1-3H3,(H,15,19). The van der Waals surface area contributed by atoms with Gasteiger partial charge in [-0.3, -0.25) is 10.1 Å². The number of carbonyl (C=O) groups excluding carboxylic acids is 1. The molecule has 1 fully saturated rings. The van der Waals surface area contributed by atoms with E-state index in [-0.39, 0.29) is 23.9 Å². The Kier molecular flexibility index (Phi) is 3.85. The number of anilines is 1. The second-order valence-electron chi connectivity index (χ2n) is 5.99. The van der Waals surface area contributed by atoms with Crippen molar-refractivity contribution >= 4 is 11.8 Å². The summed E-state index contributed by atoms with van der Waals surface area (Å²) < 4.78 is 6.69. The van der Waals surface area contributed by atoms with Crippen molar-refractivity contribution in [1.29, 1.82) is 0 Å². The number of carbonyl (C=O) groups is 1. The summed E-state index contributed by atoms with van der Waals surface area (Å²) >= 11 is 0. The van der Waals surface area contributed by atoms with Gasteiger partial charge in [-0.1, -0.05) is 0 Å². The molecule has 1 aliphatic carbocycles. The SMILES string of the molecule is CC(C)(C)OC(=O)Nc1cc(CO)cn(C2CC2)c1=O. The quantitative estimate of drug-likeness (QED) is 0.887. The minimum atomic E-state index is -0.674. The molecule has 0 saturated heterocycles. The molecular formula is C14H20N2O4. The maximum absolute atomic E-state index is 12.2. The second kappa shape index (κ2) is 5.28. The number of rotatable bonds is 3. The molecule has 2 rings (SSSR count). The smallest absolute Gasteiger partial charge is 0.412 e. The molecule has 20 heavy (non-hydrogen) atoms. The number of hydrogen-bond donors (Lipinski definition) is 2. The van der Waals surface area contributed by atoms with E-state index >= 15 is 0 Å². The Bertz CT molecular complexity index is 568. The minimum absolute atomic E-state index is 0.137. The summed E-state index contributed by atoms with van der Waals surface area (Å²) in [5.41, 5.74) is -0.176. The van der Waals surface area contributed by atoms with Crippen molar-refractivity contribution in [2.45, 2.75) is 51.9 Å². The van der Waals surface area contributed by atoms with E-state index in [0.717, 1.165) is 12.8 Å². The predicted molar refractivity (Wildman–Crippen MR) is 74.8 cm³/mol. The highest BCUT2D eigenvalue weighted by Gasteiger charge is 2.26. The van der Waals surface area contributed by atoms with Gasteiger partial charge in [-0.15, -0.1) is 0 Å². The van der Waals surface area contributed by atoms with Crippen molar-refractivity contribution in [3.05, 3.63) is 28.2 Å². The maximum atomic E-state index is 12.2. The van der Waals surface area contributed by atoms with Gasteiger partial charge in [0, 0.05) is 12.2 Å². The lowest BCUT2D eigenvalue weighted by Gasteiger charge is -2.20. The van der Waals surface area contributed by atoms with Crippen LogP contribution in [-0.2, 0) is 11.3 Å². The molecule has 0 unspecified atom stereocenters. The van der Waals surface area contributed by atoms with Gasteiger partial charge in [0.15, 0.2) is 0 Å². The number of hydrogen-bond acceptors (Lipinski definition) is 4. The van der Waals surface area contributed by atoms with Crippen LogP contribution in [0.25, 0.3) is 0 Å². The molecule has 1 saturated carbocycles. The molecule has 0 aromatic carbocycles. The van der Waals surface area contributed by atoms with Crippen LogP contribution in [0.2, 0.25) is 0 Å². The van der Waals surface area contributed by atoms with Crippen molar-refractivity contribution < 1.29 is 14.6 Å². The highest BCUT2D eigenvalue weighted by Crippen LogP contribution is 2.33. The lowest BCUT2D eigenvalue weighted by molar-refractivity contribution is 0.0635. The average molecular weight is 280 g/mol. The fourth-order valence-corrected chi connectivity index (χ4v) is 1.87. The first kappa shape index (κ1) is 14.6. The van der Waals surface area contributed by atoms with Gasteiger partial charge in [-0.2, -0.15) is 0 Å². The van der Waals surface area contributed by atoms with Crippen molar-refractivity contribution in [2.75, 3.05) is 5.32 Å². The monoisotopic (exact) mass is 280 g/mol. The third-order valence-electron chi connectivity index (χ3n) is 2.86. The van der Waals surface area contributed by atoms with E-state index in [0.29, 0.717) is 5.56 Å². The van der Waals surface area contributed by atoms with E-state index in [1.165, 1.54) is 6.07 Å². The number of aliphatic hydroxyl groups excluding tert-OH is 1. The number of nitrogens with zero attached hydrogens (tertiary/aromatic N) is 1. The summed E-state index contributed by atoms with van der Waals surface area (Å²) in [5.74, 6) is 0. The topological polar surface area (TPSA) is 80.6 Å². The molecule has 0 spiro atoms. The Morgan fingerprint density at radius 1 is 1.50 bits per heavy atom. The van der Waals surface area contributed by atoms with Crippen LogP contribution in [0.4, 0.5) is 10.5 Å². The zero-order valence-corrected chi connectivity index (χ0v) is 12.0. The second-order valence-corrected chi connectivity index (χ2v) is 5.99. The molecule has 1 aromatic heterocycles. The molecule has 1 aromatic rings. The van der Waals surface area contributed by atoms with Gasteiger partial charge in [0.25, 0.3) is 5.56 Å². The fourth-order valence-electron chi connectivity index (χ4n) is 1.87. The number of pyridine rings is 1. The molecule has 1 aliphatic rings. The van der Waals surface area contributed by atoms with E-state index < -0.39 is 11.7 Å². The van der Waals surface area contributed by atoms with Crippen molar-refractivity contribution in [2.24, 2.45) is 0 Å². The van der Waals surface area contributed by atoms with E-state index in [9.17, 15) is 14.7 Å². The average Bonchev–Trinajstić information content (AvgIpc) is 3.13. The molecule has 1 amide bonds. The summed E-state index contributed by atoms with van der Waals surface area (Å²) in [7, 11) is 0. The van der Waals surface area contributed by atoms with Crippen molar-refractivity contribution in [3.63, 3.8) is 0 Å². The zero-order chi connectivity index (χ0) is 14.9. The van der Waals surface area contributed by atoms with E-state index in [2.05, 4.69) is 5.32 Å². The summed E-state index contributed by atoms with van der Waals surface area (Å²) in [6, 6.07) is 1.65. The highest BCUT2D eigenvalue weighted by atomic mass is 16.6. The molecular weight excluding hydrogens is 260 g/mol. The molecule has 6 nitrogen and oxygen atoms in total. The normalized spacial score (nSPS) is 15.0. The Balaban J connectivity index is 2.24. The van der Waals surface area contributed by atoms with Crippen LogP contribution < -0.4 is 10.9 Å². The van der Waals surface area contributed by atoms with E-state index in [1.54, 1.807) is 31.5 Å². The highest BCUT2D eigenvalue weighted by molar-refractivity contribution is 5.84. The van der Waals surface area contributed by atoms with Gasteiger partial charge >= 0.3 is 6.09 Å². The summed E-state index contributed by atoms with van der Waals surface area (Å²) in [4.78, 5) is 24.0. The van der Waals surface area contributed by atoms with Crippen LogP contribution in [0.15, 0.2) is 17.1 Å². The molecule has 0 radical (unpaired) electrons. The third-order valence-corrected chi connectivity index (χ3v) is 2.86. The maximum Gasteiger partial charge on any atom is 0.412 e. The van der Waals surface area contributed by atoms with Crippen LogP contribution in [0.5, 0.6) is 0 Å². The predicted octanol–water partition coefficient (Wildman–Crippen LogP) is 2.02. The first-order valence-electron chi connectivity index (χ1n) is 6.66. The molecule has 0 aliphatic heterocycles. The first-order chi connectivity index (χ1) is 9.30. The molecule has 6 heteroatoms. The van der Waals surface area contributed by atoms with Gasteiger partial charge in [0.05, 0.1) is 6.61 Å². The van der Waals surface area contributed by atoms with E-state index in [1.807, 2.05) is 0 Å². The molecule has 2 N–H and O–H groups in total. The Hall–Kier alpha value is -1.82. The molecule has 0 bridgehead atoms. The summed E-state index contributed by atoms with van der Waals surface area (Å²) in [6.45, 7) is 5.06. The van der Waals surface area contributed by atoms with Gasteiger partial charge < -0.3 is 14.4 Å². The van der Waals surface area contributed by atoms with E-state index in [4.69, 9.17) is 4.74 Å². The molecule has 1 heterocycles. The van der Waals surface area contributed by atoms with Crippen molar-refractivity contribution in [1.82, 2.24) is 4.57 Å². The third kappa shape index (κ3) is 3.60. The number of aromatic nitrogens is 1. The van der Waals surface area contributed by atoms with Gasteiger partial charge in [-0.05, 0) is 45.2 Å².